The first-order valence-corrected chi connectivity index (χ1v) is 9.77. The smallest absolute Gasteiger partial charge is 0.273 e. The summed E-state index contributed by atoms with van der Waals surface area (Å²) in [5.74, 6) is -2.19. The number of ether oxygens (including phenoxy) is 1. The largest absolute Gasteiger partial charge is 0.378 e. The summed E-state index contributed by atoms with van der Waals surface area (Å²) in [6, 6.07) is 2.13. The van der Waals surface area contributed by atoms with Crippen molar-refractivity contribution in [3.8, 4) is 0 Å². The van der Waals surface area contributed by atoms with E-state index in [-0.39, 0.29) is 46.7 Å². The number of rotatable bonds is 2. The van der Waals surface area contributed by atoms with Crippen molar-refractivity contribution < 1.29 is 23.1 Å². The lowest BCUT2D eigenvalue weighted by Gasteiger charge is -2.39. The summed E-state index contributed by atoms with van der Waals surface area (Å²) in [5, 5.41) is -0.492. The van der Waals surface area contributed by atoms with E-state index in [1.165, 1.54) is 11.0 Å². The van der Waals surface area contributed by atoms with Gasteiger partial charge in [0.15, 0.2) is 5.82 Å². The molecule has 0 saturated carbocycles. The van der Waals surface area contributed by atoms with Gasteiger partial charge in [-0.1, -0.05) is 11.6 Å². The standard InChI is InChI=1S/C19H21ClF2N4O3/c1-24-8-9-29-10-13(24)18(27)25-4-6-26(7-5-25)19(28)17-16(22)14-12(23-17)3-2-11(21)15(14)20/h2-3,13,23H,4-10H2,1H3/t13-/m0/s1. The molecule has 0 radical (unpaired) electrons. The van der Waals surface area contributed by atoms with Crippen LogP contribution in [0, 0.1) is 11.6 Å². The molecule has 1 aromatic heterocycles. The molecule has 3 heterocycles. The Hall–Kier alpha value is -2.23. The Morgan fingerprint density at radius 2 is 1.83 bits per heavy atom. The Bertz CT molecular complexity index is 959. The van der Waals surface area contributed by atoms with Gasteiger partial charge in [0.05, 0.1) is 29.1 Å². The zero-order chi connectivity index (χ0) is 20.7. The van der Waals surface area contributed by atoms with Crippen LogP contribution in [0.3, 0.4) is 0 Å². The van der Waals surface area contributed by atoms with Gasteiger partial charge in [-0.15, -0.1) is 0 Å². The van der Waals surface area contributed by atoms with E-state index in [0.717, 1.165) is 6.07 Å². The third-order valence-corrected chi connectivity index (χ3v) is 5.94. The fourth-order valence-corrected chi connectivity index (χ4v) is 4.02. The Labute approximate surface area is 171 Å². The molecule has 2 fully saturated rings. The average Bonchev–Trinajstić information content (AvgIpc) is 3.07. The zero-order valence-electron chi connectivity index (χ0n) is 15.9. The highest BCUT2D eigenvalue weighted by molar-refractivity contribution is 6.35. The van der Waals surface area contributed by atoms with Crippen molar-refractivity contribution in [3.05, 3.63) is 34.5 Å². The first-order chi connectivity index (χ1) is 13.9. The van der Waals surface area contributed by atoms with E-state index >= 15 is 0 Å². The van der Waals surface area contributed by atoms with Gasteiger partial charge in [-0.3, -0.25) is 14.5 Å². The molecule has 7 nitrogen and oxygen atoms in total. The van der Waals surface area contributed by atoms with E-state index in [4.69, 9.17) is 16.3 Å². The molecule has 29 heavy (non-hydrogen) atoms. The molecule has 2 saturated heterocycles. The zero-order valence-corrected chi connectivity index (χ0v) is 16.6. The number of piperazine rings is 1. The number of aromatic amines is 1. The first-order valence-electron chi connectivity index (χ1n) is 9.39. The second-order valence-electron chi connectivity index (χ2n) is 7.29. The summed E-state index contributed by atoms with van der Waals surface area (Å²) in [6.45, 7) is 2.91. The topological polar surface area (TPSA) is 68.9 Å². The fourth-order valence-electron chi connectivity index (χ4n) is 3.78. The van der Waals surface area contributed by atoms with Gasteiger partial charge in [0, 0.05) is 32.7 Å². The van der Waals surface area contributed by atoms with Crippen LogP contribution in [0.2, 0.25) is 5.02 Å². The van der Waals surface area contributed by atoms with Crippen molar-refractivity contribution in [2.24, 2.45) is 0 Å². The van der Waals surface area contributed by atoms with E-state index in [9.17, 15) is 18.4 Å². The minimum Gasteiger partial charge on any atom is -0.378 e. The summed E-state index contributed by atoms with van der Waals surface area (Å²) in [5.41, 5.74) is -0.000843. The molecule has 10 heteroatoms. The number of nitrogens with zero attached hydrogens (tertiary/aromatic N) is 3. The molecule has 0 bridgehead atoms. The lowest BCUT2D eigenvalue weighted by Crippen LogP contribution is -2.58. The number of benzene rings is 1. The van der Waals surface area contributed by atoms with E-state index in [1.807, 2.05) is 11.9 Å². The number of hydrogen-bond acceptors (Lipinski definition) is 4. The molecule has 0 spiro atoms. The average molecular weight is 427 g/mol. The van der Waals surface area contributed by atoms with Crippen LogP contribution in [-0.4, -0.2) is 90.5 Å². The molecule has 2 aromatic rings. The van der Waals surface area contributed by atoms with Gasteiger partial charge in [0.1, 0.15) is 17.6 Å². The maximum absolute atomic E-state index is 14.8. The highest BCUT2D eigenvalue weighted by Crippen LogP contribution is 2.31. The van der Waals surface area contributed by atoms with Gasteiger partial charge >= 0.3 is 0 Å². The molecule has 2 amide bonds. The molecule has 1 atom stereocenters. The van der Waals surface area contributed by atoms with Crippen molar-refractivity contribution in [2.45, 2.75) is 6.04 Å². The number of H-pyrrole nitrogens is 1. The molecule has 2 aliphatic rings. The van der Waals surface area contributed by atoms with E-state index in [2.05, 4.69) is 4.98 Å². The maximum Gasteiger partial charge on any atom is 0.273 e. The number of carbonyl (C=O) groups is 2. The first kappa shape index (κ1) is 20.1. The number of hydrogen-bond donors (Lipinski definition) is 1. The number of aromatic nitrogens is 1. The predicted molar refractivity (Wildman–Crippen MR) is 103 cm³/mol. The second kappa shape index (κ2) is 7.89. The minimum atomic E-state index is -0.867. The summed E-state index contributed by atoms with van der Waals surface area (Å²) in [4.78, 5) is 33.4. The van der Waals surface area contributed by atoms with Crippen molar-refractivity contribution >= 4 is 34.3 Å². The number of amides is 2. The number of likely N-dealkylation sites (N-methyl/N-ethyl adjacent to an activating group) is 1. The Balaban J connectivity index is 1.46. The third kappa shape index (κ3) is 3.58. The van der Waals surface area contributed by atoms with Crippen molar-refractivity contribution in [1.29, 1.82) is 0 Å². The van der Waals surface area contributed by atoms with Crippen LogP contribution in [0.1, 0.15) is 10.5 Å². The van der Waals surface area contributed by atoms with Crippen molar-refractivity contribution in [2.75, 3.05) is 53.0 Å². The summed E-state index contributed by atoms with van der Waals surface area (Å²) >= 11 is 5.86. The third-order valence-electron chi connectivity index (χ3n) is 5.57. The summed E-state index contributed by atoms with van der Waals surface area (Å²) in [7, 11) is 1.89. The van der Waals surface area contributed by atoms with E-state index in [1.54, 1.807) is 4.90 Å². The van der Waals surface area contributed by atoms with Crippen molar-refractivity contribution in [1.82, 2.24) is 19.7 Å². The van der Waals surface area contributed by atoms with E-state index < -0.39 is 17.5 Å². The van der Waals surface area contributed by atoms with Gasteiger partial charge in [0.25, 0.3) is 5.91 Å². The molecular formula is C19H21ClF2N4O3. The number of carbonyl (C=O) groups excluding carboxylic acids is 2. The SMILES string of the molecule is CN1CCOC[C@H]1C(=O)N1CCN(C(=O)c2[nH]c3ccc(F)c(Cl)c3c2F)CC1. The molecule has 156 valence electrons. The number of morpholine rings is 1. The minimum absolute atomic E-state index is 0.0293. The maximum atomic E-state index is 14.8. The van der Waals surface area contributed by atoms with E-state index in [0.29, 0.717) is 32.8 Å². The van der Waals surface area contributed by atoms with Crippen LogP contribution < -0.4 is 0 Å². The normalized spacial score (nSPS) is 21.0. The second-order valence-corrected chi connectivity index (χ2v) is 7.66. The monoisotopic (exact) mass is 426 g/mol. The molecule has 0 unspecified atom stereocenters. The Morgan fingerprint density at radius 1 is 1.14 bits per heavy atom. The quantitative estimate of drug-likeness (QED) is 0.794. The van der Waals surface area contributed by atoms with Gasteiger partial charge < -0.3 is 19.5 Å². The van der Waals surface area contributed by atoms with Crippen LogP contribution in [-0.2, 0) is 9.53 Å². The molecule has 4 rings (SSSR count). The van der Waals surface area contributed by atoms with Gasteiger partial charge in [0.2, 0.25) is 5.91 Å². The molecule has 1 N–H and O–H groups in total. The fraction of sp³-hybridized carbons (Fsp3) is 0.474. The summed E-state index contributed by atoms with van der Waals surface area (Å²) in [6.07, 6.45) is 0. The van der Waals surface area contributed by atoms with Gasteiger partial charge in [-0.2, -0.15) is 0 Å². The highest BCUT2D eigenvalue weighted by atomic mass is 35.5. The van der Waals surface area contributed by atoms with Crippen LogP contribution in [0.4, 0.5) is 8.78 Å². The lowest BCUT2D eigenvalue weighted by molar-refractivity contribution is -0.143. The van der Waals surface area contributed by atoms with Crippen molar-refractivity contribution in [3.63, 3.8) is 0 Å². The van der Waals surface area contributed by atoms with Crippen LogP contribution in [0.15, 0.2) is 12.1 Å². The number of nitrogens with one attached hydrogen (secondary N) is 1. The predicted octanol–water partition coefficient (Wildman–Crippen LogP) is 1.71. The molecule has 0 aliphatic carbocycles. The summed E-state index contributed by atoms with van der Waals surface area (Å²) < 4.78 is 33.8. The Morgan fingerprint density at radius 3 is 2.52 bits per heavy atom. The Kier molecular flexibility index (Phi) is 5.46. The van der Waals surface area contributed by atoms with Gasteiger partial charge in [-0.25, -0.2) is 8.78 Å². The number of halogens is 3. The lowest BCUT2D eigenvalue weighted by atomic mass is 10.2. The van der Waals surface area contributed by atoms with Crippen LogP contribution >= 0.6 is 11.6 Å². The molecule has 2 aliphatic heterocycles. The van der Waals surface area contributed by atoms with Crippen LogP contribution in [0.5, 0.6) is 0 Å². The van der Waals surface area contributed by atoms with Crippen LogP contribution in [0.25, 0.3) is 10.9 Å². The highest BCUT2D eigenvalue weighted by Gasteiger charge is 2.34. The number of fused-ring (bicyclic) bond motifs is 1. The molecule has 1 aromatic carbocycles. The molecular weight excluding hydrogens is 406 g/mol. The van der Waals surface area contributed by atoms with Gasteiger partial charge in [-0.05, 0) is 19.2 Å².